The van der Waals surface area contributed by atoms with E-state index >= 15 is 0 Å². The molecule has 1 aliphatic carbocycles. The number of aliphatic hydroxyl groups is 1. The molecule has 124 valence electrons. The molecule has 21 heavy (non-hydrogen) atoms. The molecule has 0 aromatic carbocycles. The molecule has 2 fully saturated rings. The maximum atomic E-state index is 10.0. The van der Waals surface area contributed by atoms with Crippen LogP contribution in [0.2, 0.25) is 0 Å². The molecule has 0 aromatic heterocycles. The topological polar surface area (TPSA) is 44.7 Å². The highest BCUT2D eigenvalue weighted by Gasteiger charge is 2.45. The first kappa shape index (κ1) is 17.2. The van der Waals surface area contributed by atoms with Crippen LogP contribution in [0.1, 0.15) is 52.4 Å². The van der Waals surface area contributed by atoms with Gasteiger partial charge in [-0.2, -0.15) is 0 Å². The molecule has 0 radical (unpaired) electrons. The van der Waals surface area contributed by atoms with Gasteiger partial charge in [0.1, 0.15) is 0 Å². The Balaban J connectivity index is 1.89. The number of hydrogen-bond donors (Lipinski definition) is 2. The quantitative estimate of drug-likeness (QED) is 0.648. The number of aliphatic hydroxyl groups excluding tert-OH is 1. The largest absolute Gasteiger partial charge is 0.394 e. The molecule has 4 heteroatoms. The van der Waals surface area contributed by atoms with Gasteiger partial charge in [-0.3, -0.25) is 4.90 Å². The lowest BCUT2D eigenvalue weighted by Crippen LogP contribution is -2.59. The van der Waals surface area contributed by atoms with Crippen molar-refractivity contribution < 1.29 is 9.84 Å². The second-order valence-corrected chi connectivity index (χ2v) is 6.89. The monoisotopic (exact) mass is 298 g/mol. The van der Waals surface area contributed by atoms with Gasteiger partial charge in [-0.05, 0) is 57.5 Å². The van der Waals surface area contributed by atoms with Crippen LogP contribution in [0.3, 0.4) is 0 Å². The van der Waals surface area contributed by atoms with E-state index < -0.39 is 0 Å². The van der Waals surface area contributed by atoms with Crippen LogP contribution in [-0.2, 0) is 4.74 Å². The van der Waals surface area contributed by atoms with Gasteiger partial charge in [-0.25, -0.2) is 0 Å². The van der Waals surface area contributed by atoms with Crippen LogP contribution >= 0.6 is 0 Å². The molecule has 2 aliphatic rings. The third-order valence-corrected chi connectivity index (χ3v) is 4.89. The Morgan fingerprint density at radius 1 is 1.24 bits per heavy atom. The van der Waals surface area contributed by atoms with Crippen LogP contribution in [0, 0.1) is 5.92 Å². The van der Waals surface area contributed by atoms with Crippen molar-refractivity contribution in [2.75, 3.05) is 39.4 Å². The predicted octanol–water partition coefficient (Wildman–Crippen LogP) is 2.02. The van der Waals surface area contributed by atoms with Crippen LogP contribution in [0.5, 0.6) is 0 Å². The molecule has 0 aromatic rings. The lowest BCUT2D eigenvalue weighted by molar-refractivity contribution is -0.0144. The zero-order valence-corrected chi connectivity index (χ0v) is 13.9. The first-order chi connectivity index (χ1) is 10.2. The van der Waals surface area contributed by atoms with E-state index in [9.17, 15) is 5.11 Å². The number of nitrogens with one attached hydrogen (secondary N) is 1. The van der Waals surface area contributed by atoms with Crippen molar-refractivity contribution in [3.63, 3.8) is 0 Å². The lowest BCUT2D eigenvalue weighted by Gasteiger charge is -2.41. The molecule has 4 nitrogen and oxygen atoms in total. The molecule has 1 saturated heterocycles. The van der Waals surface area contributed by atoms with Crippen LogP contribution < -0.4 is 5.32 Å². The fourth-order valence-electron chi connectivity index (χ4n) is 3.55. The number of likely N-dealkylation sites (tertiary alicyclic amines) is 1. The van der Waals surface area contributed by atoms with Crippen molar-refractivity contribution >= 4 is 0 Å². The van der Waals surface area contributed by atoms with Gasteiger partial charge in [0.25, 0.3) is 0 Å². The molecule has 0 spiro atoms. The maximum absolute atomic E-state index is 10.0. The molecular weight excluding hydrogens is 264 g/mol. The number of piperidine rings is 1. The summed E-state index contributed by atoms with van der Waals surface area (Å²) in [5.41, 5.74) is -0.0807. The van der Waals surface area contributed by atoms with Crippen molar-refractivity contribution in [2.24, 2.45) is 5.92 Å². The normalized spacial score (nSPS) is 26.7. The minimum Gasteiger partial charge on any atom is -0.394 e. The first-order valence-corrected chi connectivity index (χ1v) is 8.94. The van der Waals surface area contributed by atoms with Gasteiger partial charge in [0.2, 0.25) is 0 Å². The summed E-state index contributed by atoms with van der Waals surface area (Å²) in [5, 5.41) is 13.7. The number of rotatable bonds is 10. The molecule has 0 amide bonds. The van der Waals surface area contributed by atoms with Crippen LogP contribution in [0.4, 0.5) is 0 Å². The highest BCUT2D eigenvalue weighted by Crippen LogP contribution is 2.40. The zero-order chi connectivity index (χ0) is 15.1. The molecule has 2 atom stereocenters. The average Bonchev–Trinajstić information content (AvgIpc) is 3.35. The van der Waals surface area contributed by atoms with Gasteiger partial charge < -0.3 is 15.2 Å². The Kier molecular flexibility index (Phi) is 6.93. The summed E-state index contributed by atoms with van der Waals surface area (Å²) in [5.74, 6) is 0.658. The minimum absolute atomic E-state index is 0.0807. The summed E-state index contributed by atoms with van der Waals surface area (Å²) < 4.78 is 5.94. The summed E-state index contributed by atoms with van der Waals surface area (Å²) in [6, 6.07) is 0. The van der Waals surface area contributed by atoms with Crippen molar-refractivity contribution in [2.45, 2.75) is 64.0 Å². The second-order valence-electron chi connectivity index (χ2n) is 6.89. The van der Waals surface area contributed by atoms with E-state index in [1.807, 2.05) is 0 Å². The second kappa shape index (κ2) is 8.47. The van der Waals surface area contributed by atoms with E-state index in [4.69, 9.17) is 4.74 Å². The van der Waals surface area contributed by atoms with Gasteiger partial charge in [0.05, 0.1) is 18.2 Å². The standard InChI is InChI=1S/C17H34N2O2/c1-3-9-18-17(14-20,15-7-8-15)13-19-10-5-6-16(12-19)21-11-4-2/h15-16,18,20H,3-14H2,1-2H3. The predicted molar refractivity (Wildman–Crippen MR) is 86.5 cm³/mol. The van der Waals surface area contributed by atoms with Gasteiger partial charge in [-0.15, -0.1) is 0 Å². The van der Waals surface area contributed by atoms with Crippen LogP contribution in [0.15, 0.2) is 0 Å². The van der Waals surface area contributed by atoms with Crippen molar-refractivity contribution in [3.05, 3.63) is 0 Å². The summed E-state index contributed by atoms with van der Waals surface area (Å²) in [6.45, 7) is 9.64. The summed E-state index contributed by atoms with van der Waals surface area (Å²) >= 11 is 0. The molecule has 0 bridgehead atoms. The molecule has 2 rings (SSSR count). The molecule has 1 saturated carbocycles. The average molecular weight is 298 g/mol. The number of ether oxygens (including phenoxy) is 1. The van der Waals surface area contributed by atoms with Gasteiger partial charge in [0, 0.05) is 19.7 Å². The van der Waals surface area contributed by atoms with Gasteiger partial charge in [-0.1, -0.05) is 13.8 Å². The Bertz CT molecular complexity index is 297. The van der Waals surface area contributed by atoms with E-state index in [0.29, 0.717) is 12.0 Å². The van der Waals surface area contributed by atoms with Gasteiger partial charge in [0.15, 0.2) is 0 Å². The van der Waals surface area contributed by atoms with Gasteiger partial charge >= 0.3 is 0 Å². The first-order valence-electron chi connectivity index (χ1n) is 8.94. The molecule has 2 unspecified atom stereocenters. The molecule has 2 N–H and O–H groups in total. The Hall–Kier alpha value is -0.160. The highest BCUT2D eigenvalue weighted by molar-refractivity contribution is 5.03. The Labute approximate surface area is 130 Å². The summed E-state index contributed by atoms with van der Waals surface area (Å²) in [4.78, 5) is 2.51. The Morgan fingerprint density at radius 2 is 2.05 bits per heavy atom. The van der Waals surface area contributed by atoms with Crippen LogP contribution in [-0.4, -0.2) is 61.0 Å². The van der Waals surface area contributed by atoms with Crippen molar-refractivity contribution in [3.8, 4) is 0 Å². The highest BCUT2D eigenvalue weighted by atomic mass is 16.5. The SMILES string of the molecule is CCCNC(CO)(CN1CCCC(OCCC)C1)C1CC1. The Morgan fingerprint density at radius 3 is 2.67 bits per heavy atom. The van der Waals surface area contributed by atoms with E-state index in [-0.39, 0.29) is 12.1 Å². The van der Waals surface area contributed by atoms with Crippen molar-refractivity contribution in [1.29, 1.82) is 0 Å². The third-order valence-electron chi connectivity index (χ3n) is 4.89. The van der Waals surface area contributed by atoms with Crippen LogP contribution in [0.25, 0.3) is 0 Å². The third kappa shape index (κ3) is 4.92. The van der Waals surface area contributed by atoms with E-state index in [2.05, 4.69) is 24.1 Å². The smallest absolute Gasteiger partial charge is 0.0702 e. The fourth-order valence-corrected chi connectivity index (χ4v) is 3.55. The maximum Gasteiger partial charge on any atom is 0.0702 e. The molecular formula is C17H34N2O2. The zero-order valence-electron chi connectivity index (χ0n) is 13.9. The van der Waals surface area contributed by atoms with E-state index in [0.717, 1.165) is 45.6 Å². The summed E-state index contributed by atoms with van der Waals surface area (Å²) in [6.07, 6.45) is 7.54. The molecule has 1 aliphatic heterocycles. The summed E-state index contributed by atoms with van der Waals surface area (Å²) in [7, 11) is 0. The van der Waals surface area contributed by atoms with E-state index in [1.165, 1.54) is 25.7 Å². The fraction of sp³-hybridized carbons (Fsp3) is 1.00. The minimum atomic E-state index is -0.0807. The lowest BCUT2D eigenvalue weighted by atomic mass is 9.91. The molecule has 1 heterocycles. The number of hydrogen-bond acceptors (Lipinski definition) is 4. The van der Waals surface area contributed by atoms with Crippen molar-refractivity contribution in [1.82, 2.24) is 10.2 Å². The van der Waals surface area contributed by atoms with E-state index in [1.54, 1.807) is 0 Å². The number of nitrogens with zero attached hydrogens (tertiary/aromatic N) is 1.